The quantitative estimate of drug-likeness (QED) is 0.462. The summed E-state index contributed by atoms with van der Waals surface area (Å²) < 4.78 is 5.96. The van der Waals surface area contributed by atoms with Crippen molar-refractivity contribution in [2.45, 2.75) is 19.3 Å². The third-order valence-corrected chi connectivity index (χ3v) is 5.33. The lowest BCUT2D eigenvalue weighted by molar-refractivity contribution is -0.383. The van der Waals surface area contributed by atoms with Crippen molar-refractivity contribution in [1.29, 1.82) is 0 Å². The van der Waals surface area contributed by atoms with Gasteiger partial charge >= 0.3 is 0 Å². The highest BCUT2D eigenvalue weighted by atomic mass is 79.9. The number of rotatable bonds is 5. The van der Waals surface area contributed by atoms with E-state index in [2.05, 4.69) is 20.9 Å². The van der Waals surface area contributed by atoms with Gasteiger partial charge < -0.3 is 4.74 Å². The van der Waals surface area contributed by atoms with E-state index in [0.717, 1.165) is 18.2 Å². The zero-order valence-corrected chi connectivity index (χ0v) is 13.0. The molecule has 0 bridgehead atoms. The molecule has 1 saturated carbocycles. The number of nitro benzene ring substituents is 1. The molecule has 1 aliphatic carbocycles. The largest absolute Gasteiger partial charge is 0.492 e. The van der Waals surface area contributed by atoms with Crippen molar-refractivity contribution in [2.75, 3.05) is 11.9 Å². The third-order valence-electron chi connectivity index (χ3n) is 4.14. The van der Waals surface area contributed by atoms with E-state index in [9.17, 15) is 10.1 Å². The number of ether oxygens (including phenoxy) is 1. The first-order valence-electron chi connectivity index (χ1n) is 6.86. The van der Waals surface area contributed by atoms with Gasteiger partial charge in [-0.05, 0) is 31.0 Å². The Hall–Kier alpha value is -1.69. The smallest absolute Gasteiger partial charge is 0.295 e. The van der Waals surface area contributed by atoms with E-state index >= 15 is 0 Å². The molecule has 0 radical (unpaired) electrons. The first kappa shape index (κ1) is 14.3. The molecule has 2 aromatic rings. The number of fused-ring (bicyclic) bond motifs is 1. The first-order chi connectivity index (χ1) is 10.2. The molecule has 1 aromatic heterocycles. The van der Waals surface area contributed by atoms with Gasteiger partial charge in [0, 0.05) is 28.4 Å². The van der Waals surface area contributed by atoms with E-state index in [1.165, 1.54) is 12.5 Å². The fourth-order valence-electron chi connectivity index (χ4n) is 2.63. The normalized spacial score (nSPS) is 16.4. The van der Waals surface area contributed by atoms with Crippen LogP contribution in [0.4, 0.5) is 5.69 Å². The van der Waals surface area contributed by atoms with Crippen molar-refractivity contribution < 1.29 is 9.66 Å². The molecule has 3 rings (SSSR count). The molecule has 5 nitrogen and oxygen atoms in total. The van der Waals surface area contributed by atoms with Crippen LogP contribution in [0.25, 0.3) is 10.9 Å². The molecule has 0 atom stereocenters. The standard InChI is InChI=1S/C15H15BrN2O3/c16-9-15(6-2-7-15)10-21-13-5-4-12(18(19)20)14-11(13)3-1-8-17-14/h1,3-5,8H,2,6-7,9-10H2. The van der Waals surface area contributed by atoms with Crippen LogP contribution in [0.2, 0.25) is 0 Å². The Morgan fingerprint density at radius 2 is 2.19 bits per heavy atom. The lowest BCUT2D eigenvalue weighted by atomic mass is 9.71. The Balaban J connectivity index is 1.93. The van der Waals surface area contributed by atoms with Crippen LogP contribution in [0, 0.1) is 15.5 Å². The van der Waals surface area contributed by atoms with E-state index in [-0.39, 0.29) is 11.1 Å². The maximum atomic E-state index is 11.1. The van der Waals surface area contributed by atoms with Crippen LogP contribution in [0.1, 0.15) is 19.3 Å². The van der Waals surface area contributed by atoms with E-state index in [4.69, 9.17) is 4.74 Å². The molecule has 0 aliphatic heterocycles. The highest BCUT2D eigenvalue weighted by Gasteiger charge is 2.37. The number of alkyl halides is 1. The van der Waals surface area contributed by atoms with Gasteiger partial charge in [-0.3, -0.25) is 10.1 Å². The Kier molecular flexibility index (Phi) is 3.80. The summed E-state index contributed by atoms with van der Waals surface area (Å²) in [4.78, 5) is 14.8. The molecule has 1 heterocycles. The molecule has 0 amide bonds. The number of halogens is 1. The first-order valence-corrected chi connectivity index (χ1v) is 7.98. The summed E-state index contributed by atoms with van der Waals surface area (Å²) in [6, 6.07) is 6.71. The number of nitro groups is 1. The van der Waals surface area contributed by atoms with E-state index in [1.54, 1.807) is 18.3 Å². The second-order valence-corrected chi connectivity index (χ2v) is 6.08. The number of benzene rings is 1. The lowest BCUT2D eigenvalue weighted by Crippen LogP contribution is -2.37. The lowest BCUT2D eigenvalue weighted by Gasteiger charge is -2.40. The van der Waals surface area contributed by atoms with Crippen LogP contribution in [-0.4, -0.2) is 21.8 Å². The summed E-state index contributed by atoms with van der Waals surface area (Å²) in [5.41, 5.74) is 0.592. The predicted octanol–water partition coefficient (Wildman–Crippen LogP) is 4.09. The van der Waals surface area contributed by atoms with Crippen molar-refractivity contribution in [3.8, 4) is 5.75 Å². The van der Waals surface area contributed by atoms with E-state index in [1.807, 2.05) is 6.07 Å². The van der Waals surface area contributed by atoms with Crippen LogP contribution < -0.4 is 4.74 Å². The number of hydrogen-bond donors (Lipinski definition) is 0. The third kappa shape index (κ3) is 2.60. The van der Waals surface area contributed by atoms with Gasteiger partial charge in [0.15, 0.2) is 5.52 Å². The van der Waals surface area contributed by atoms with Crippen LogP contribution in [0.5, 0.6) is 5.75 Å². The Morgan fingerprint density at radius 3 is 2.81 bits per heavy atom. The van der Waals surface area contributed by atoms with Crippen LogP contribution in [-0.2, 0) is 0 Å². The summed E-state index contributed by atoms with van der Waals surface area (Å²) >= 11 is 3.56. The van der Waals surface area contributed by atoms with Crippen molar-refractivity contribution in [2.24, 2.45) is 5.41 Å². The van der Waals surface area contributed by atoms with Gasteiger partial charge in [0.1, 0.15) is 5.75 Å². The number of aromatic nitrogens is 1. The molecular weight excluding hydrogens is 336 g/mol. The van der Waals surface area contributed by atoms with Gasteiger partial charge in [-0.25, -0.2) is 4.98 Å². The molecule has 110 valence electrons. The average Bonchev–Trinajstić information content (AvgIpc) is 2.46. The molecule has 21 heavy (non-hydrogen) atoms. The number of hydrogen-bond acceptors (Lipinski definition) is 4. The molecule has 1 aliphatic rings. The summed E-state index contributed by atoms with van der Waals surface area (Å²) in [5, 5.41) is 12.7. The summed E-state index contributed by atoms with van der Waals surface area (Å²) in [6.45, 7) is 0.625. The predicted molar refractivity (Wildman–Crippen MR) is 84.0 cm³/mol. The second-order valence-electron chi connectivity index (χ2n) is 5.52. The van der Waals surface area contributed by atoms with E-state index in [0.29, 0.717) is 23.3 Å². The van der Waals surface area contributed by atoms with Gasteiger partial charge in [0.2, 0.25) is 0 Å². The van der Waals surface area contributed by atoms with Gasteiger partial charge in [0.05, 0.1) is 11.5 Å². The number of nitrogens with zero attached hydrogens (tertiary/aromatic N) is 2. The zero-order chi connectivity index (χ0) is 14.9. The second kappa shape index (κ2) is 5.60. The molecule has 1 fully saturated rings. The van der Waals surface area contributed by atoms with Crippen LogP contribution in [0.15, 0.2) is 30.5 Å². The summed E-state index contributed by atoms with van der Waals surface area (Å²) in [6.07, 6.45) is 5.10. The topological polar surface area (TPSA) is 65.3 Å². The minimum absolute atomic E-state index is 0.0109. The Labute approximate surface area is 130 Å². The monoisotopic (exact) mass is 350 g/mol. The van der Waals surface area contributed by atoms with Crippen molar-refractivity contribution in [1.82, 2.24) is 4.98 Å². The fourth-order valence-corrected chi connectivity index (χ4v) is 3.35. The Bertz CT molecular complexity index is 680. The summed E-state index contributed by atoms with van der Waals surface area (Å²) in [7, 11) is 0. The van der Waals surface area contributed by atoms with Crippen molar-refractivity contribution in [3.63, 3.8) is 0 Å². The number of pyridine rings is 1. The van der Waals surface area contributed by atoms with E-state index < -0.39 is 4.92 Å². The highest BCUT2D eigenvalue weighted by Crippen LogP contribution is 2.43. The molecule has 0 saturated heterocycles. The van der Waals surface area contributed by atoms with Crippen LogP contribution >= 0.6 is 15.9 Å². The van der Waals surface area contributed by atoms with Gasteiger partial charge in [0.25, 0.3) is 5.69 Å². The molecule has 1 aromatic carbocycles. The maximum Gasteiger partial charge on any atom is 0.295 e. The molecule has 0 unspecified atom stereocenters. The van der Waals surface area contributed by atoms with Crippen LogP contribution in [0.3, 0.4) is 0 Å². The molecule has 6 heteroatoms. The molecular formula is C15H15BrN2O3. The average molecular weight is 351 g/mol. The summed E-state index contributed by atoms with van der Waals surface area (Å²) in [5.74, 6) is 0.663. The maximum absolute atomic E-state index is 11.1. The van der Waals surface area contributed by atoms with Crippen molar-refractivity contribution in [3.05, 3.63) is 40.6 Å². The number of non-ortho nitro benzene ring substituents is 1. The molecule has 0 N–H and O–H groups in total. The van der Waals surface area contributed by atoms with Crippen molar-refractivity contribution >= 4 is 32.5 Å². The van der Waals surface area contributed by atoms with Gasteiger partial charge in [-0.15, -0.1) is 0 Å². The highest BCUT2D eigenvalue weighted by molar-refractivity contribution is 9.09. The van der Waals surface area contributed by atoms with Gasteiger partial charge in [-0.2, -0.15) is 0 Å². The fraction of sp³-hybridized carbons (Fsp3) is 0.400. The Morgan fingerprint density at radius 1 is 1.38 bits per heavy atom. The minimum Gasteiger partial charge on any atom is -0.492 e. The SMILES string of the molecule is O=[N+]([O-])c1ccc(OCC2(CBr)CCC2)c2cccnc12. The molecule has 0 spiro atoms. The van der Waals surface area contributed by atoms with Gasteiger partial charge in [-0.1, -0.05) is 22.4 Å². The zero-order valence-electron chi connectivity index (χ0n) is 11.4. The minimum atomic E-state index is -0.412.